The average Bonchev–Trinajstić information content (AvgIpc) is 3.09. The van der Waals surface area contributed by atoms with Crippen molar-refractivity contribution in [1.82, 2.24) is 10.1 Å². The molecule has 2 aromatic carbocycles. The predicted molar refractivity (Wildman–Crippen MR) is 93.1 cm³/mol. The SMILES string of the molecule is COc1ccc(-c2noc(COc3ccc(C)cc3C)n2)c(OC)c1. The highest BCUT2D eigenvalue weighted by Crippen LogP contribution is 2.31. The third-order valence-corrected chi connectivity index (χ3v) is 3.80. The van der Waals surface area contributed by atoms with Gasteiger partial charge in [0.1, 0.15) is 17.2 Å². The monoisotopic (exact) mass is 340 g/mol. The Morgan fingerprint density at radius 2 is 1.80 bits per heavy atom. The van der Waals surface area contributed by atoms with E-state index in [4.69, 9.17) is 18.7 Å². The van der Waals surface area contributed by atoms with E-state index >= 15 is 0 Å². The van der Waals surface area contributed by atoms with Crippen molar-refractivity contribution in [3.63, 3.8) is 0 Å². The molecular formula is C19H20N2O4. The zero-order chi connectivity index (χ0) is 17.8. The van der Waals surface area contributed by atoms with Gasteiger partial charge in [0.2, 0.25) is 5.82 Å². The van der Waals surface area contributed by atoms with Gasteiger partial charge in [-0.15, -0.1) is 0 Å². The van der Waals surface area contributed by atoms with Gasteiger partial charge in [0, 0.05) is 6.07 Å². The number of hydrogen-bond donors (Lipinski definition) is 0. The van der Waals surface area contributed by atoms with Crippen LogP contribution in [0.4, 0.5) is 0 Å². The van der Waals surface area contributed by atoms with Crippen LogP contribution < -0.4 is 14.2 Å². The minimum atomic E-state index is 0.204. The Morgan fingerprint density at radius 1 is 0.960 bits per heavy atom. The highest BCUT2D eigenvalue weighted by Gasteiger charge is 2.15. The number of nitrogens with zero attached hydrogens (tertiary/aromatic N) is 2. The van der Waals surface area contributed by atoms with Crippen molar-refractivity contribution in [3.8, 4) is 28.6 Å². The first-order valence-electron chi connectivity index (χ1n) is 7.85. The Labute approximate surface area is 146 Å². The van der Waals surface area contributed by atoms with E-state index in [0.29, 0.717) is 23.2 Å². The molecule has 0 atom stereocenters. The minimum absolute atomic E-state index is 0.204. The van der Waals surface area contributed by atoms with Crippen LogP contribution in [-0.4, -0.2) is 24.4 Å². The standard InChI is InChI=1S/C19H20N2O4/c1-12-5-8-16(13(2)9-12)24-11-18-20-19(21-25-18)15-7-6-14(22-3)10-17(15)23-4/h5-10H,11H2,1-4H3. The number of hydrogen-bond acceptors (Lipinski definition) is 6. The number of ether oxygens (including phenoxy) is 3. The van der Waals surface area contributed by atoms with Crippen LogP contribution in [0.3, 0.4) is 0 Å². The van der Waals surface area contributed by atoms with Gasteiger partial charge in [0.15, 0.2) is 6.61 Å². The molecule has 0 aliphatic carbocycles. The molecule has 0 N–H and O–H groups in total. The summed E-state index contributed by atoms with van der Waals surface area (Å²) >= 11 is 0. The first-order chi connectivity index (χ1) is 12.1. The molecule has 0 radical (unpaired) electrons. The minimum Gasteiger partial charge on any atom is -0.497 e. The second-order valence-electron chi connectivity index (χ2n) is 5.64. The van der Waals surface area contributed by atoms with E-state index in [-0.39, 0.29) is 6.61 Å². The first-order valence-corrected chi connectivity index (χ1v) is 7.85. The fourth-order valence-electron chi connectivity index (χ4n) is 2.51. The summed E-state index contributed by atoms with van der Waals surface area (Å²) < 4.78 is 21.6. The molecule has 1 aromatic heterocycles. The van der Waals surface area contributed by atoms with Crippen LogP contribution in [-0.2, 0) is 6.61 Å². The van der Waals surface area contributed by atoms with Crippen LogP contribution >= 0.6 is 0 Å². The molecule has 3 rings (SSSR count). The summed E-state index contributed by atoms with van der Waals surface area (Å²) in [6.07, 6.45) is 0. The molecule has 3 aromatic rings. The van der Waals surface area contributed by atoms with Crippen LogP contribution in [0.25, 0.3) is 11.4 Å². The summed E-state index contributed by atoms with van der Waals surface area (Å²) in [7, 11) is 3.19. The lowest BCUT2D eigenvalue weighted by atomic mass is 10.1. The van der Waals surface area contributed by atoms with Gasteiger partial charge >= 0.3 is 0 Å². The van der Waals surface area contributed by atoms with E-state index in [1.807, 2.05) is 38.1 Å². The molecular weight excluding hydrogens is 320 g/mol. The fourth-order valence-corrected chi connectivity index (χ4v) is 2.51. The van der Waals surface area contributed by atoms with E-state index in [1.165, 1.54) is 5.56 Å². The molecule has 0 amide bonds. The molecule has 0 unspecified atom stereocenters. The Morgan fingerprint density at radius 3 is 2.52 bits per heavy atom. The molecule has 0 aliphatic heterocycles. The summed E-state index contributed by atoms with van der Waals surface area (Å²) in [5, 5.41) is 4.01. The summed E-state index contributed by atoms with van der Waals surface area (Å²) in [4.78, 5) is 4.38. The van der Waals surface area contributed by atoms with Gasteiger partial charge in [0.25, 0.3) is 5.89 Å². The lowest BCUT2D eigenvalue weighted by Gasteiger charge is -2.07. The number of aromatic nitrogens is 2. The maximum absolute atomic E-state index is 5.77. The Kier molecular flexibility index (Phi) is 4.88. The lowest BCUT2D eigenvalue weighted by Crippen LogP contribution is -1.98. The molecule has 0 aliphatic rings. The van der Waals surface area contributed by atoms with E-state index in [1.54, 1.807) is 20.3 Å². The lowest BCUT2D eigenvalue weighted by molar-refractivity contribution is 0.241. The van der Waals surface area contributed by atoms with E-state index in [2.05, 4.69) is 16.2 Å². The molecule has 0 spiro atoms. The van der Waals surface area contributed by atoms with Crippen molar-refractivity contribution in [2.24, 2.45) is 0 Å². The Hall–Kier alpha value is -3.02. The van der Waals surface area contributed by atoms with Gasteiger partial charge < -0.3 is 18.7 Å². The fraction of sp³-hybridized carbons (Fsp3) is 0.263. The molecule has 0 fully saturated rings. The maximum atomic E-state index is 5.77. The molecule has 6 heteroatoms. The van der Waals surface area contributed by atoms with Gasteiger partial charge in [-0.2, -0.15) is 4.98 Å². The summed E-state index contributed by atoms with van der Waals surface area (Å²) in [6, 6.07) is 11.4. The van der Waals surface area contributed by atoms with Crippen molar-refractivity contribution in [2.75, 3.05) is 14.2 Å². The van der Waals surface area contributed by atoms with Crippen LogP contribution in [0.2, 0.25) is 0 Å². The molecule has 0 saturated carbocycles. The molecule has 25 heavy (non-hydrogen) atoms. The number of aryl methyl sites for hydroxylation is 2. The van der Waals surface area contributed by atoms with E-state index in [0.717, 1.165) is 16.9 Å². The van der Waals surface area contributed by atoms with Crippen molar-refractivity contribution < 1.29 is 18.7 Å². The molecule has 6 nitrogen and oxygen atoms in total. The first kappa shape index (κ1) is 16.8. The van der Waals surface area contributed by atoms with Crippen molar-refractivity contribution in [3.05, 3.63) is 53.4 Å². The Bertz CT molecular complexity index is 874. The molecule has 0 bridgehead atoms. The van der Waals surface area contributed by atoms with E-state index in [9.17, 15) is 0 Å². The summed E-state index contributed by atoms with van der Waals surface area (Å²) in [5.74, 6) is 2.95. The third-order valence-electron chi connectivity index (χ3n) is 3.80. The predicted octanol–water partition coefficient (Wildman–Crippen LogP) is 3.95. The molecule has 0 saturated heterocycles. The molecule has 1 heterocycles. The zero-order valence-electron chi connectivity index (χ0n) is 14.7. The van der Waals surface area contributed by atoms with Crippen LogP contribution in [0.5, 0.6) is 17.2 Å². The van der Waals surface area contributed by atoms with Crippen LogP contribution in [0, 0.1) is 13.8 Å². The van der Waals surface area contributed by atoms with Gasteiger partial charge in [-0.25, -0.2) is 0 Å². The highest BCUT2D eigenvalue weighted by atomic mass is 16.5. The van der Waals surface area contributed by atoms with Crippen molar-refractivity contribution >= 4 is 0 Å². The third kappa shape index (κ3) is 3.74. The van der Waals surface area contributed by atoms with E-state index < -0.39 is 0 Å². The van der Waals surface area contributed by atoms with Crippen molar-refractivity contribution in [2.45, 2.75) is 20.5 Å². The number of rotatable bonds is 6. The van der Waals surface area contributed by atoms with Gasteiger partial charge in [-0.1, -0.05) is 22.9 Å². The smallest absolute Gasteiger partial charge is 0.264 e. The Balaban J connectivity index is 1.76. The summed E-state index contributed by atoms with van der Waals surface area (Å²) in [6.45, 7) is 4.25. The largest absolute Gasteiger partial charge is 0.497 e. The van der Waals surface area contributed by atoms with Gasteiger partial charge in [-0.05, 0) is 37.6 Å². The number of benzene rings is 2. The second-order valence-corrected chi connectivity index (χ2v) is 5.64. The maximum Gasteiger partial charge on any atom is 0.264 e. The molecule has 130 valence electrons. The second kappa shape index (κ2) is 7.25. The zero-order valence-corrected chi connectivity index (χ0v) is 14.7. The normalized spacial score (nSPS) is 10.6. The van der Waals surface area contributed by atoms with Crippen LogP contribution in [0.1, 0.15) is 17.0 Å². The van der Waals surface area contributed by atoms with Gasteiger partial charge in [-0.3, -0.25) is 0 Å². The van der Waals surface area contributed by atoms with Crippen LogP contribution in [0.15, 0.2) is 40.9 Å². The van der Waals surface area contributed by atoms with Crippen molar-refractivity contribution in [1.29, 1.82) is 0 Å². The average molecular weight is 340 g/mol. The topological polar surface area (TPSA) is 66.6 Å². The number of methoxy groups -OCH3 is 2. The quantitative estimate of drug-likeness (QED) is 0.677. The highest BCUT2D eigenvalue weighted by molar-refractivity contribution is 5.65. The summed E-state index contributed by atoms with van der Waals surface area (Å²) in [5.41, 5.74) is 2.98. The van der Waals surface area contributed by atoms with Gasteiger partial charge in [0.05, 0.1) is 19.8 Å².